The lowest BCUT2D eigenvalue weighted by molar-refractivity contribution is -0.122. The summed E-state index contributed by atoms with van der Waals surface area (Å²) in [6.45, 7) is 0.792. The minimum absolute atomic E-state index is 0.00684. The van der Waals surface area contributed by atoms with Gasteiger partial charge in [0, 0.05) is 12.2 Å². The van der Waals surface area contributed by atoms with Crippen molar-refractivity contribution >= 4 is 11.6 Å². The van der Waals surface area contributed by atoms with E-state index < -0.39 is 0 Å². The summed E-state index contributed by atoms with van der Waals surface area (Å²) in [6, 6.07) is 0.382. The molecule has 2 N–H and O–H groups in total. The first kappa shape index (κ1) is 11.8. The van der Waals surface area contributed by atoms with E-state index in [9.17, 15) is 4.79 Å². The predicted molar refractivity (Wildman–Crippen MR) is 67.2 cm³/mol. The third-order valence-electron chi connectivity index (χ3n) is 2.83. The zero-order valence-electron chi connectivity index (χ0n) is 10.4. The second kappa shape index (κ2) is 5.13. The van der Waals surface area contributed by atoms with Crippen LogP contribution in [0, 0.1) is 0 Å². The molecule has 2 aromatic rings. The molecule has 0 saturated heterocycles. The van der Waals surface area contributed by atoms with Crippen molar-refractivity contribution in [2.75, 3.05) is 5.32 Å². The molecule has 0 bridgehead atoms. The van der Waals surface area contributed by atoms with Gasteiger partial charge in [0.05, 0.1) is 24.6 Å². The molecule has 0 aromatic carbocycles. The summed E-state index contributed by atoms with van der Waals surface area (Å²) in [5.74, 6) is 0.756. The van der Waals surface area contributed by atoms with E-state index in [-0.39, 0.29) is 12.5 Å². The van der Waals surface area contributed by atoms with Crippen LogP contribution in [0.5, 0.6) is 0 Å². The zero-order chi connectivity index (χ0) is 13.1. The number of anilines is 1. The van der Waals surface area contributed by atoms with Gasteiger partial charge in [-0.1, -0.05) is 0 Å². The molecular formula is C12H15N5O2. The molecule has 1 amide bonds. The van der Waals surface area contributed by atoms with Crippen molar-refractivity contribution in [1.29, 1.82) is 0 Å². The Hall–Kier alpha value is -2.31. The third-order valence-corrected chi connectivity index (χ3v) is 2.83. The van der Waals surface area contributed by atoms with Crippen LogP contribution >= 0.6 is 0 Å². The first-order chi connectivity index (χ1) is 9.29. The number of nitrogens with one attached hydrogen (secondary N) is 2. The Labute approximate surface area is 110 Å². The molecule has 3 rings (SSSR count). The highest BCUT2D eigenvalue weighted by molar-refractivity contribution is 5.76. The fourth-order valence-corrected chi connectivity index (χ4v) is 1.71. The maximum absolute atomic E-state index is 11.6. The van der Waals surface area contributed by atoms with Crippen LogP contribution in [0.25, 0.3) is 0 Å². The lowest BCUT2D eigenvalue weighted by atomic mass is 10.4. The minimum atomic E-state index is 0.00684. The molecule has 0 unspecified atom stereocenters. The molecule has 2 aromatic heterocycles. The van der Waals surface area contributed by atoms with E-state index in [2.05, 4.69) is 20.7 Å². The maximum Gasteiger partial charge on any atom is 0.241 e. The number of oxazole rings is 1. The average Bonchev–Trinajstić information content (AvgIpc) is 2.91. The fourth-order valence-electron chi connectivity index (χ4n) is 1.71. The number of rotatable bonds is 6. The summed E-state index contributed by atoms with van der Waals surface area (Å²) in [5.41, 5.74) is 0.843. The van der Waals surface area contributed by atoms with Gasteiger partial charge in [-0.3, -0.25) is 9.48 Å². The second-order valence-corrected chi connectivity index (χ2v) is 4.59. The van der Waals surface area contributed by atoms with Crippen molar-refractivity contribution in [1.82, 2.24) is 20.1 Å². The van der Waals surface area contributed by atoms with E-state index in [0.29, 0.717) is 12.6 Å². The van der Waals surface area contributed by atoms with Crippen molar-refractivity contribution in [3.63, 3.8) is 0 Å². The van der Waals surface area contributed by atoms with E-state index in [0.717, 1.165) is 24.3 Å². The van der Waals surface area contributed by atoms with Crippen LogP contribution in [0.15, 0.2) is 29.4 Å². The number of hydrogen-bond acceptors (Lipinski definition) is 5. The Bertz CT molecular complexity index is 544. The van der Waals surface area contributed by atoms with Gasteiger partial charge in [-0.15, -0.1) is 0 Å². The first-order valence-corrected chi connectivity index (χ1v) is 6.22. The van der Waals surface area contributed by atoms with Crippen LogP contribution in [0.3, 0.4) is 0 Å². The molecule has 100 valence electrons. The number of carbonyl (C=O) groups is 1. The van der Waals surface area contributed by atoms with Crippen LogP contribution < -0.4 is 10.6 Å². The van der Waals surface area contributed by atoms with Gasteiger partial charge in [0.15, 0.2) is 6.39 Å². The molecule has 0 spiro atoms. The van der Waals surface area contributed by atoms with Crippen molar-refractivity contribution in [2.24, 2.45) is 0 Å². The quantitative estimate of drug-likeness (QED) is 0.802. The summed E-state index contributed by atoms with van der Waals surface area (Å²) < 4.78 is 6.72. The van der Waals surface area contributed by atoms with Crippen LogP contribution in [0.1, 0.15) is 18.6 Å². The number of carbonyl (C=O) groups excluding carboxylic acids is 1. The lowest BCUT2D eigenvalue weighted by Gasteiger charge is -2.03. The molecular weight excluding hydrogens is 246 g/mol. The maximum atomic E-state index is 11.6. The van der Waals surface area contributed by atoms with E-state index in [1.54, 1.807) is 23.3 Å². The molecule has 0 atom stereocenters. The Morgan fingerprint density at radius 2 is 2.37 bits per heavy atom. The summed E-state index contributed by atoms with van der Waals surface area (Å²) in [6.07, 6.45) is 8.70. The predicted octanol–water partition coefficient (Wildman–Crippen LogP) is 0.762. The highest BCUT2D eigenvalue weighted by Crippen LogP contribution is 2.18. The van der Waals surface area contributed by atoms with Crippen LogP contribution in [-0.2, 0) is 17.9 Å². The molecule has 7 nitrogen and oxygen atoms in total. The molecule has 7 heteroatoms. The molecule has 0 aliphatic heterocycles. The average molecular weight is 261 g/mol. The SMILES string of the molecule is O=C(Cn1cc(NCc2cnco2)cn1)NC1CC1. The van der Waals surface area contributed by atoms with Gasteiger partial charge in [0.1, 0.15) is 12.3 Å². The summed E-state index contributed by atoms with van der Waals surface area (Å²) in [4.78, 5) is 15.4. The van der Waals surface area contributed by atoms with Gasteiger partial charge >= 0.3 is 0 Å². The molecule has 1 saturated carbocycles. The van der Waals surface area contributed by atoms with Crippen LogP contribution in [-0.4, -0.2) is 26.7 Å². The molecule has 19 heavy (non-hydrogen) atoms. The number of aromatic nitrogens is 3. The van der Waals surface area contributed by atoms with Crippen molar-refractivity contribution in [2.45, 2.75) is 32.0 Å². The topological polar surface area (TPSA) is 85.0 Å². The normalized spacial score (nSPS) is 14.3. The molecule has 0 radical (unpaired) electrons. The van der Waals surface area contributed by atoms with Crippen LogP contribution in [0.4, 0.5) is 5.69 Å². The molecule has 1 fully saturated rings. The van der Waals surface area contributed by atoms with Gasteiger partial charge in [-0.05, 0) is 12.8 Å². The lowest BCUT2D eigenvalue weighted by Crippen LogP contribution is -2.29. The molecule has 2 heterocycles. The second-order valence-electron chi connectivity index (χ2n) is 4.59. The van der Waals surface area contributed by atoms with Gasteiger partial charge in [0.2, 0.25) is 5.91 Å². The largest absolute Gasteiger partial charge is 0.447 e. The van der Waals surface area contributed by atoms with E-state index in [1.807, 2.05) is 0 Å². The monoisotopic (exact) mass is 261 g/mol. The Morgan fingerprint density at radius 3 is 3.11 bits per heavy atom. The van der Waals surface area contributed by atoms with Gasteiger partial charge < -0.3 is 15.1 Å². The third kappa shape index (κ3) is 3.34. The molecule has 1 aliphatic carbocycles. The number of nitrogens with zero attached hydrogens (tertiary/aromatic N) is 3. The van der Waals surface area contributed by atoms with Gasteiger partial charge in [-0.25, -0.2) is 4.98 Å². The highest BCUT2D eigenvalue weighted by Gasteiger charge is 2.23. The highest BCUT2D eigenvalue weighted by atomic mass is 16.3. The minimum Gasteiger partial charge on any atom is -0.447 e. The molecule has 1 aliphatic rings. The van der Waals surface area contributed by atoms with E-state index >= 15 is 0 Å². The van der Waals surface area contributed by atoms with Crippen molar-refractivity contribution in [3.05, 3.63) is 30.7 Å². The summed E-state index contributed by atoms with van der Waals surface area (Å²) >= 11 is 0. The van der Waals surface area contributed by atoms with Gasteiger partial charge in [0.25, 0.3) is 0 Å². The Kier molecular flexibility index (Phi) is 3.18. The first-order valence-electron chi connectivity index (χ1n) is 6.22. The van der Waals surface area contributed by atoms with Gasteiger partial charge in [-0.2, -0.15) is 5.10 Å². The Morgan fingerprint density at radius 1 is 1.47 bits per heavy atom. The summed E-state index contributed by atoms with van der Waals surface area (Å²) in [5, 5.41) is 10.2. The smallest absolute Gasteiger partial charge is 0.241 e. The number of amides is 1. The Balaban J connectivity index is 1.49. The van der Waals surface area contributed by atoms with Crippen molar-refractivity contribution in [3.8, 4) is 0 Å². The zero-order valence-corrected chi connectivity index (χ0v) is 10.4. The van der Waals surface area contributed by atoms with E-state index in [1.165, 1.54) is 6.39 Å². The fraction of sp³-hybridized carbons (Fsp3) is 0.417. The summed E-state index contributed by atoms with van der Waals surface area (Å²) in [7, 11) is 0. The van der Waals surface area contributed by atoms with Crippen molar-refractivity contribution < 1.29 is 9.21 Å². The van der Waals surface area contributed by atoms with Crippen LogP contribution in [0.2, 0.25) is 0 Å². The standard InChI is InChI=1S/C12H15N5O2/c18-12(16-9-1-2-9)7-17-6-10(3-15-17)14-5-11-4-13-8-19-11/h3-4,6,8-9,14H,1-2,5,7H2,(H,16,18). The number of hydrogen-bond donors (Lipinski definition) is 2. The van der Waals surface area contributed by atoms with E-state index in [4.69, 9.17) is 4.42 Å².